The van der Waals surface area contributed by atoms with Crippen molar-refractivity contribution in [2.75, 3.05) is 39.6 Å². The van der Waals surface area contributed by atoms with Crippen LogP contribution in [0, 0.1) is 0 Å². The van der Waals surface area contributed by atoms with Crippen molar-refractivity contribution in [1.82, 2.24) is 9.62 Å². The van der Waals surface area contributed by atoms with Crippen molar-refractivity contribution in [3.63, 3.8) is 0 Å². The largest absolute Gasteiger partial charge is 0.383 e. The predicted octanol–water partition coefficient (Wildman–Crippen LogP) is 1.57. The van der Waals surface area contributed by atoms with Crippen LogP contribution in [0.1, 0.15) is 23.2 Å². The summed E-state index contributed by atoms with van der Waals surface area (Å²) in [4.78, 5) is 15.3. The molecule has 1 aromatic carbocycles. The highest BCUT2D eigenvalue weighted by atomic mass is 32.2. The Hall–Kier alpha value is -1.09. The van der Waals surface area contributed by atoms with E-state index in [1.807, 2.05) is 6.26 Å². The number of carbonyl (C=O) groups is 1. The summed E-state index contributed by atoms with van der Waals surface area (Å²) in [5.74, 6) is -0.0965. The van der Waals surface area contributed by atoms with E-state index in [9.17, 15) is 13.2 Å². The SMILES string of the molecule is COCCNS(=O)(=O)c1ccc(SC)c(C(=O)N2CCCC2)c1. The van der Waals surface area contributed by atoms with Gasteiger partial charge in [-0.2, -0.15) is 0 Å². The first kappa shape index (κ1) is 18.3. The van der Waals surface area contributed by atoms with Crippen molar-refractivity contribution in [1.29, 1.82) is 0 Å². The average molecular weight is 358 g/mol. The van der Waals surface area contributed by atoms with Crippen LogP contribution in [0.2, 0.25) is 0 Å². The van der Waals surface area contributed by atoms with Crippen LogP contribution in [0.15, 0.2) is 28.0 Å². The number of sulfonamides is 1. The lowest BCUT2D eigenvalue weighted by molar-refractivity contribution is 0.0789. The summed E-state index contributed by atoms with van der Waals surface area (Å²) in [7, 11) is -2.14. The number of likely N-dealkylation sites (tertiary alicyclic amines) is 1. The second-order valence-corrected chi connectivity index (χ2v) is 7.87. The first-order chi connectivity index (χ1) is 11.0. The van der Waals surface area contributed by atoms with Gasteiger partial charge in [0.15, 0.2) is 0 Å². The summed E-state index contributed by atoms with van der Waals surface area (Å²) in [5, 5.41) is 0. The van der Waals surface area contributed by atoms with E-state index < -0.39 is 10.0 Å². The summed E-state index contributed by atoms with van der Waals surface area (Å²) in [5.41, 5.74) is 0.453. The van der Waals surface area contributed by atoms with E-state index in [1.165, 1.54) is 31.0 Å². The number of hydrogen-bond donors (Lipinski definition) is 1. The van der Waals surface area contributed by atoms with Crippen molar-refractivity contribution in [2.45, 2.75) is 22.6 Å². The van der Waals surface area contributed by atoms with Crippen LogP contribution in [0.3, 0.4) is 0 Å². The lowest BCUT2D eigenvalue weighted by Crippen LogP contribution is -2.29. The number of carbonyl (C=O) groups excluding carboxylic acids is 1. The maximum atomic E-state index is 12.6. The highest BCUT2D eigenvalue weighted by Crippen LogP contribution is 2.26. The summed E-state index contributed by atoms with van der Waals surface area (Å²) >= 11 is 1.44. The third-order valence-electron chi connectivity index (χ3n) is 3.70. The molecule has 0 radical (unpaired) electrons. The number of methoxy groups -OCH3 is 1. The Morgan fingerprint density at radius 2 is 2.04 bits per heavy atom. The van der Waals surface area contributed by atoms with Gasteiger partial charge < -0.3 is 9.64 Å². The maximum Gasteiger partial charge on any atom is 0.255 e. The number of thioether (sulfide) groups is 1. The number of nitrogens with zero attached hydrogens (tertiary/aromatic N) is 1. The maximum absolute atomic E-state index is 12.6. The lowest BCUT2D eigenvalue weighted by Gasteiger charge is -2.18. The molecule has 0 atom stereocenters. The standard InChI is InChI=1S/C15H22N2O4S2/c1-21-10-7-16-23(19,20)12-5-6-14(22-2)13(11-12)15(18)17-8-3-4-9-17/h5-6,11,16H,3-4,7-10H2,1-2H3. The number of benzene rings is 1. The van der Waals surface area contributed by atoms with Crippen LogP contribution in [0.25, 0.3) is 0 Å². The van der Waals surface area contributed by atoms with E-state index in [4.69, 9.17) is 4.74 Å². The molecule has 0 spiro atoms. The van der Waals surface area contributed by atoms with E-state index in [0.717, 1.165) is 30.8 Å². The third kappa shape index (κ3) is 4.47. The van der Waals surface area contributed by atoms with E-state index in [2.05, 4.69) is 4.72 Å². The van der Waals surface area contributed by atoms with E-state index >= 15 is 0 Å². The Labute approximate surface area is 141 Å². The molecule has 1 fully saturated rings. The van der Waals surface area contributed by atoms with Gasteiger partial charge >= 0.3 is 0 Å². The van der Waals surface area contributed by atoms with Gasteiger partial charge in [-0.25, -0.2) is 13.1 Å². The van der Waals surface area contributed by atoms with Crippen molar-refractivity contribution < 1.29 is 17.9 Å². The van der Waals surface area contributed by atoms with Gasteiger partial charge in [0.1, 0.15) is 0 Å². The second-order valence-electron chi connectivity index (χ2n) is 5.25. The molecular weight excluding hydrogens is 336 g/mol. The zero-order chi connectivity index (χ0) is 16.9. The number of hydrogen-bond acceptors (Lipinski definition) is 5. The molecule has 6 nitrogen and oxygen atoms in total. The van der Waals surface area contributed by atoms with Crippen LogP contribution in [-0.2, 0) is 14.8 Å². The molecule has 1 aliphatic rings. The van der Waals surface area contributed by atoms with Crippen LogP contribution in [-0.4, -0.2) is 58.8 Å². The summed E-state index contributed by atoms with van der Waals surface area (Å²) < 4.78 is 31.9. The Morgan fingerprint density at radius 1 is 1.35 bits per heavy atom. The van der Waals surface area contributed by atoms with Gasteiger partial charge in [-0.3, -0.25) is 4.79 Å². The molecule has 1 aromatic rings. The Balaban J connectivity index is 2.29. The molecule has 0 bridgehead atoms. The van der Waals surface area contributed by atoms with E-state index in [0.29, 0.717) is 12.2 Å². The number of ether oxygens (including phenoxy) is 1. The molecule has 1 amide bonds. The van der Waals surface area contributed by atoms with Crippen molar-refractivity contribution in [3.05, 3.63) is 23.8 Å². The lowest BCUT2D eigenvalue weighted by atomic mass is 10.2. The third-order valence-corrected chi connectivity index (χ3v) is 5.96. The number of rotatable bonds is 7. The molecule has 23 heavy (non-hydrogen) atoms. The molecular formula is C15H22N2O4S2. The predicted molar refractivity (Wildman–Crippen MR) is 90.4 cm³/mol. The number of amides is 1. The highest BCUT2D eigenvalue weighted by Gasteiger charge is 2.24. The molecule has 128 valence electrons. The first-order valence-electron chi connectivity index (χ1n) is 7.45. The molecule has 1 aliphatic heterocycles. The highest BCUT2D eigenvalue weighted by molar-refractivity contribution is 7.98. The molecule has 1 N–H and O–H groups in total. The molecule has 0 saturated carbocycles. The minimum Gasteiger partial charge on any atom is -0.383 e. The fourth-order valence-electron chi connectivity index (χ4n) is 2.47. The van der Waals surface area contributed by atoms with Crippen LogP contribution in [0.4, 0.5) is 0 Å². The average Bonchev–Trinajstić information content (AvgIpc) is 3.08. The van der Waals surface area contributed by atoms with Crippen LogP contribution in [0.5, 0.6) is 0 Å². The fourth-order valence-corrected chi connectivity index (χ4v) is 4.08. The number of nitrogens with one attached hydrogen (secondary N) is 1. The summed E-state index contributed by atoms with van der Waals surface area (Å²) in [6, 6.07) is 4.70. The minimum atomic E-state index is -3.65. The molecule has 0 unspecified atom stereocenters. The minimum absolute atomic E-state index is 0.0965. The van der Waals surface area contributed by atoms with Crippen LogP contribution < -0.4 is 4.72 Å². The molecule has 8 heteroatoms. The smallest absolute Gasteiger partial charge is 0.255 e. The fraction of sp³-hybridized carbons (Fsp3) is 0.533. The van der Waals surface area contributed by atoms with Gasteiger partial charge in [0.05, 0.1) is 17.1 Å². The van der Waals surface area contributed by atoms with E-state index in [1.54, 1.807) is 11.0 Å². The molecule has 0 aliphatic carbocycles. The van der Waals surface area contributed by atoms with Crippen molar-refractivity contribution >= 4 is 27.7 Å². The van der Waals surface area contributed by atoms with E-state index in [-0.39, 0.29) is 17.3 Å². The van der Waals surface area contributed by atoms with Gasteiger partial charge in [0.25, 0.3) is 5.91 Å². The summed E-state index contributed by atoms with van der Waals surface area (Å²) in [6.07, 6.45) is 3.87. The normalized spacial score (nSPS) is 15.1. The Kier molecular flexibility index (Phi) is 6.46. The van der Waals surface area contributed by atoms with Crippen molar-refractivity contribution in [2.24, 2.45) is 0 Å². The zero-order valence-corrected chi connectivity index (χ0v) is 15.0. The quantitative estimate of drug-likeness (QED) is 0.591. The first-order valence-corrected chi connectivity index (χ1v) is 10.2. The van der Waals surface area contributed by atoms with Gasteiger partial charge in [0.2, 0.25) is 10.0 Å². The Morgan fingerprint density at radius 3 is 2.65 bits per heavy atom. The van der Waals surface area contributed by atoms with Crippen LogP contribution >= 0.6 is 11.8 Å². The van der Waals surface area contributed by atoms with Gasteiger partial charge in [-0.15, -0.1) is 11.8 Å². The van der Waals surface area contributed by atoms with Gasteiger partial charge in [-0.1, -0.05) is 0 Å². The summed E-state index contributed by atoms with van der Waals surface area (Å²) in [6.45, 7) is 1.95. The molecule has 1 heterocycles. The zero-order valence-electron chi connectivity index (χ0n) is 13.4. The van der Waals surface area contributed by atoms with Gasteiger partial charge in [0, 0.05) is 31.6 Å². The monoisotopic (exact) mass is 358 g/mol. The topological polar surface area (TPSA) is 75.7 Å². The van der Waals surface area contributed by atoms with Crippen molar-refractivity contribution in [3.8, 4) is 0 Å². The molecule has 1 saturated heterocycles. The van der Waals surface area contributed by atoms with Gasteiger partial charge in [-0.05, 0) is 37.3 Å². The molecule has 2 rings (SSSR count). The second kappa shape index (κ2) is 8.14. The Bertz CT molecular complexity index is 655. The molecule has 0 aromatic heterocycles.